The van der Waals surface area contributed by atoms with E-state index < -0.39 is 0 Å². The number of nitrogens with two attached hydrogens (primary N) is 1. The van der Waals surface area contributed by atoms with Crippen LogP contribution in [0.2, 0.25) is 0 Å². The average Bonchev–Trinajstić information content (AvgIpc) is 2.75. The molecule has 2 N–H and O–H groups in total. The van der Waals surface area contributed by atoms with Gasteiger partial charge in [0.15, 0.2) is 5.82 Å². The van der Waals surface area contributed by atoms with Gasteiger partial charge in [0.2, 0.25) is 0 Å². The Labute approximate surface area is 93.3 Å². The van der Waals surface area contributed by atoms with E-state index in [2.05, 4.69) is 15.1 Å². The van der Waals surface area contributed by atoms with Crippen LogP contribution >= 0.6 is 0 Å². The van der Waals surface area contributed by atoms with E-state index >= 15 is 0 Å². The molecule has 82 valence electrons. The van der Waals surface area contributed by atoms with Gasteiger partial charge in [-0.25, -0.2) is 9.67 Å². The molecule has 5 nitrogen and oxygen atoms in total. The molecule has 0 aliphatic heterocycles. The maximum absolute atomic E-state index is 6.05. The van der Waals surface area contributed by atoms with E-state index in [1.54, 1.807) is 18.6 Å². The smallest absolute Gasteiger partial charge is 0.172 e. The Balaban J connectivity index is 2.10. The molecule has 1 unspecified atom stereocenters. The molecule has 5 heteroatoms. The summed E-state index contributed by atoms with van der Waals surface area (Å²) in [6.07, 6.45) is 10.1. The lowest BCUT2D eigenvalue weighted by molar-refractivity contribution is 0.556. The number of nitrogens with zero attached hydrogens (tertiary/aromatic N) is 4. The second kappa shape index (κ2) is 3.68. The van der Waals surface area contributed by atoms with E-state index in [9.17, 15) is 0 Å². The van der Waals surface area contributed by atoms with Gasteiger partial charge < -0.3 is 5.73 Å². The first-order chi connectivity index (χ1) is 7.86. The van der Waals surface area contributed by atoms with Gasteiger partial charge in [0.05, 0.1) is 18.1 Å². The normalized spacial score (nSPS) is 19.4. The van der Waals surface area contributed by atoms with Gasteiger partial charge in [-0.15, -0.1) is 0 Å². The molecule has 0 spiro atoms. The second-order valence-corrected chi connectivity index (χ2v) is 4.02. The summed E-state index contributed by atoms with van der Waals surface area (Å²) in [6.45, 7) is 0. The maximum atomic E-state index is 6.05. The van der Waals surface area contributed by atoms with Crippen LogP contribution in [0.4, 0.5) is 0 Å². The minimum Gasteiger partial charge on any atom is -0.324 e. The number of hydrogen-bond donors (Lipinski definition) is 1. The first kappa shape index (κ1) is 9.47. The third kappa shape index (κ3) is 1.40. The molecule has 0 bridgehead atoms. The molecule has 2 heterocycles. The van der Waals surface area contributed by atoms with Gasteiger partial charge in [0, 0.05) is 24.0 Å². The summed E-state index contributed by atoms with van der Waals surface area (Å²) in [5.74, 6) is 0.762. The highest BCUT2D eigenvalue weighted by Gasteiger charge is 2.22. The number of rotatable bonds is 1. The molecule has 1 atom stereocenters. The van der Waals surface area contributed by atoms with E-state index in [0.717, 1.165) is 30.6 Å². The van der Waals surface area contributed by atoms with E-state index in [1.807, 2.05) is 10.9 Å². The molecule has 0 fully saturated rings. The molecule has 1 aliphatic carbocycles. The highest BCUT2D eigenvalue weighted by molar-refractivity contribution is 5.30. The summed E-state index contributed by atoms with van der Waals surface area (Å²) in [5.41, 5.74) is 8.38. The standard InChI is InChI=1S/C11H13N5/c12-9-2-1-3-10-8(9)6-15-16(10)11-7-13-4-5-14-11/h4-7,9H,1-3,12H2. The van der Waals surface area contributed by atoms with Crippen LogP contribution < -0.4 is 5.73 Å². The summed E-state index contributed by atoms with van der Waals surface area (Å²) in [7, 11) is 0. The van der Waals surface area contributed by atoms with Crippen molar-refractivity contribution in [3.05, 3.63) is 36.0 Å². The molecule has 0 amide bonds. The van der Waals surface area contributed by atoms with Crippen molar-refractivity contribution in [2.75, 3.05) is 0 Å². The summed E-state index contributed by atoms with van der Waals surface area (Å²) in [6, 6.07) is 0.120. The zero-order valence-corrected chi connectivity index (χ0v) is 8.87. The Morgan fingerprint density at radius 2 is 2.25 bits per heavy atom. The number of hydrogen-bond acceptors (Lipinski definition) is 4. The largest absolute Gasteiger partial charge is 0.324 e. The predicted octanol–water partition coefficient (Wildman–Crippen LogP) is 0.998. The minimum atomic E-state index is 0.120. The first-order valence-electron chi connectivity index (χ1n) is 5.45. The Morgan fingerprint density at radius 1 is 1.31 bits per heavy atom. The lowest BCUT2D eigenvalue weighted by Crippen LogP contribution is -2.18. The van der Waals surface area contributed by atoms with Crippen LogP contribution in [0.15, 0.2) is 24.8 Å². The van der Waals surface area contributed by atoms with Crippen LogP contribution in [0.1, 0.15) is 30.1 Å². The highest BCUT2D eigenvalue weighted by Crippen LogP contribution is 2.28. The van der Waals surface area contributed by atoms with Crippen molar-refractivity contribution in [3.8, 4) is 5.82 Å². The molecule has 2 aromatic rings. The third-order valence-corrected chi connectivity index (χ3v) is 3.00. The minimum absolute atomic E-state index is 0.120. The van der Waals surface area contributed by atoms with E-state index in [-0.39, 0.29) is 6.04 Å². The van der Waals surface area contributed by atoms with Crippen LogP contribution in [0, 0.1) is 0 Å². The zero-order valence-electron chi connectivity index (χ0n) is 8.87. The molecule has 0 saturated heterocycles. The molecule has 3 rings (SSSR count). The van der Waals surface area contributed by atoms with Crippen LogP contribution in [0.25, 0.3) is 5.82 Å². The summed E-state index contributed by atoms with van der Waals surface area (Å²) < 4.78 is 1.85. The van der Waals surface area contributed by atoms with Crippen LogP contribution in [0.3, 0.4) is 0 Å². The molecule has 0 radical (unpaired) electrons. The van der Waals surface area contributed by atoms with Crippen LogP contribution in [-0.2, 0) is 6.42 Å². The Hall–Kier alpha value is -1.75. The van der Waals surface area contributed by atoms with Gasteiger partial charge in [-0.3, -0.25) is 4.98 Å². The van der Waals surface area contributed by atoms with Crippen molar-refractivity contribution >= 4 is 0 Å². The fraction of sp³-hybridized carbons (Fsp3) is 0.364. The van der Waals surface area contributed by atoms with Crippen molar-refractivity contribution < 1.29 is 0 Å². The molecular weight excluding hydrogens is 202 g/mol. The third-order valence-electron chi connectivity index (χ3n) is 3.00. The van der Waals surface area contributed by atoms with Crippen molar-refractivity contribution in [1.82, 2.24) is 19.7 Å². The van der Waals surface area contributed by atoms with Gasteiger partial charge in [-0.05, 0) is 19.3 Å². The zero-order chi connectivity index (χ0) is 11.0. The highest BCUT2D eigenvalue weighted by atomic mass is 15.3. The van der Waals surface area contributed by atoms with E-state index in [4.69, 9.17) is 5.73 Å². The topological polar surface area (TPSA) is 69.6 Å². The van der Waals surface area contributed by atoms with E-state index in [0.29, 0.717) is 0 Å². The lowest BCUT2D eigenvalue weighted by Gasteiger charge is -2.18. The predicted molar refractivity (Wildman–Crippen MR) is 59.0 cm³/mol. The fourth-order valence-corrected chi connectivity index (χ4v) is 2.19. The van der Waals surface area contributed by atoms with Gasteiger partial charge in [0.25, 0.3) is 0 Å². The van der Waals surface area contributed by atoms with E-state index in [1.165, 1.54) is 5.69 Å². The number of aromatic nitrogens is 4. The van der Waals surface area contributed by atoms with Gasteiger partial charge in [0.1, 0.15) is 0 Å². The molecule has 2 aromatic heterocycles. The average molecular weight is 215 g/mol. The van der Waals surface area contributed by atoms with Crippen LogP contribution in [-0.4, -0.2) is 19.7 Å². The van der Waals surface area contributed by atoms with Gasteiger partial charge in [-0.2, -0.15) is 5.10 Å². The Kier molecular flexibility index (Phi) is 2.18. The molecule has 0 aromatic carbocycles. The molecular formula is C11H13N5. The lowest BCUT2D eigenvalue weighted by atomic mass is 9.94. The van der Waals surface area contributed by atoms with Crippen molar-refractivity contribution in [3.63, 3.8) is 0 Å². The number of fused-ring (bicyclic) bond motifs is 1. The van der Waals surface area contributed by atoms with Gasteiger partial charge >= 0.3 is 0 Å². The second-order valence-electron chi connectivity index (χ2n) is 4.02. The molecule has 16 heavy (non-hydrogen) atoms. The summed E-state index contributed by atoms with van der Waals surface area (Å²) in [5, 5.41) is 4.35. The summed E-state index contributed by atoms with van der Waals surface area (Å²) >= 11 is 0. The molecule has 1 aliphatic rings. The van der Waals surface area contributed by atoms with Crippen LogP contribution in [0.5, 0.6) is 0 Å². The summed E-state index contributed by atoms with van der Waals surface area (Å²) in [4.78, 5) is 8.31. The van der Waals surface area contributed by atoms with Crippen molar-refractivity contribution in [2.24, 2.45) is 5.73 Å². The molecule has 0 saturated carbocycles. The van der Waals surface area contributed by atoms with Crippen molar-refractivity contribution in [2.45, 2.75) is 25.3 Å². The first-order valence-corrected chi connectivity index (χ1v) is 5.45. The fourth-order valence-electron chi connectivity index (χ4n) is 2.19. The van der Waals surface area contributed by atoms with Gasteiger partial charge in [-0.1, -0.05) is 0 Å². The quantitative estimate of drug-likeness (QED) is 0.770. The monoisotopic (exact) mass is 215 g/mol. The SMILES string of the molecule is NC1CCCc2c1cnn2-c1cnccn1. The Bertz CT molecular complexity index is 490. The maximum Gasteiger partial charge on any atom is 0.172 e. The Morgan fingerprint density at radius 3 is 3.06 bits per heavy atom. The van der Waals surface area contributed by atoms with Crippen molar-refractivity contribution in [1.29, 1.82) is 0 Å².